The van der Waals surface area contributed by atoms with Crippen molar-refractivity contribution in [2.45, 2.75) is 6.23 Å². The molecule has 0 aromatic heterocycles. The number of hydrogen-bond acceptors (Lipinski definition) is 5. The topological polar surface area (TPSA) is 49.0 Å². The fraction of sp³-hybridized carbons (Fsp3) is 0.250. The number of anilines is 1. The fourth-order valence-corrected chi connectivity index (χ4v) is 2.39. The van der Waals surface area contributed by atoms with E-state index in [-0.39, 0.29) is 6.23 Å². The van der Waals surface area contributed by atoms with Gasteiger partial charge in [0.15, 0.2) is 17.7 Å². The van der Waals surface area contributed by atoms with Crippen LogP contribution in [0.15, 0.2) is 36.4 Å². The summed E-state index contributed by atoms with van der Waals surface area (Å²) in [6.45, 7) is 0. The van der Waals surface area contributed by atoms with Gasteiger partial charge >= 0.3 is 0 Å². The second kappa shape index (κ2) is 5.44. The summed E-state index contributed by atoms with van der Waals surface area (Å²) >= 11 is 0. The minimum atomic E-state index is -0.281. The van der Waals surface area contributed by atoms with E-state index in [1.165, 1.54) is 0 Å². The van der Waals surface area contributed by atoms with Crippen molar-refractivity contribution in [1.29, 1.82) is 0 Å². The molecule has 1 aliphatic heterocycles. The van der Waals surface area contributed by atoms with E-state index in [4.69, 9.17) is 18.9 Å². The first-order chi connectivity index (χ1) is 10.3. The quantitative estimate of drug-likeness (QED) is 0.935. The molecule has 0 saturated heterocycles. The maximum atomic E-state index is 5.90. The Balaban J connectivity index is 1.97. The first-order valence-electron chi connectivity index (χ1n) is 6.59. The third-order valence-corrected chi connectivity index (χ3v) is 3.41. The zero-order chi connectivity index (χ0) is 14.8. The maximum Gasteiger partial charge on any atom is 0.203 e. The molecule has 2 aromatic carbocycles. The average molecular weight is 287 g/mol. The van der Waals surface area contributed by atoms with Gasteiger partial charge in [-0.05, 0) is 24.3 Å². The molecule has 0 spiro atoms. The molecule has 110 valence electrons. The average Bonchev–Trinajstić information content (AvgIpc) is 2.97. The van der Waals surface area contributed by atoms with Crippen molar-refractivity contribution in [2.75, 3.05) is 26.6 Å². The summed E-state index contributed by atoms with van der Waals surface area (Å²) < 4.78 is 22.0. The largest absolute Gasteiger partial charge is 0.493 e. The Hall–Kier alpha value is -2.56. The highest BCUT2D eigenvalue weighted by molar-refractivity contribution is 5.62. The van der Waals surface area contributed by atoms with Crippen molar-refractivity contribution in [1.82, 2.24) is 0 Å². The lowest BCUT2D eigenvalue weighted by Gasteiger charge is -2.17. The van der Waals surface area contributed by atoms with E-state index in [0.29, 0.717) is 17.2 Å². The van der Waals surface area contributed by atoms with E-state index in [9.17, 15) is 0 Å². The normalized spacial score (nSPS) is 15.7. The smallest absolute Gasteiger partial charge is 0.203 e. The minimum absolute atomic E-state index is 0.281. The molecule has 3 rings (SSSR count). The van der Waals surface area contributed by atoms with Gasteiger partial charge in [0.05, 0.1) is 27.0 Å². The second-order valence-corrected chi connectivity index (χ2v) is 4.60. The molecule has 5 heteroatoms. The number of fused-ring (bicyclic) bond motifs is 1. The molecule has 0 radical (unpaired) electrons. The Labute approximate surface area is 123 Å². The summed E-state index contributed by atoms with van der Waals surface area (Å²) in [7, 11) is 4.78. The van der Waals surface area contributed by atoms with Gasteiger partial charge in [0, 0.05) is 5.56 Å². The number of hydrogen-bond donors (Lipinski definition) is 1. The van der Waals surface area contributed by atoms with Gasteiger partial charge in [-0.1, -0.05) is 12.1 Å². The monoisotopic (exact) mass is 287 g/mol. The predicted octanol–water partition coefficient (Wildman–Crippen LogP) is 3.22. The molecule has 1 unspecified atom stereocenters. The molecule has 5 nitrogen and oxygen atoms in total. The molecule has 0 amide bonds. The number of nitrogens with one attached hydrogen (secondary N) is 1. The van der Waals surface area contributed by atoms with E-state index in [1.54, 1.807) is 21.3 Å². The van der Waals surface area contributed by atoms with Gasteiger partial charge in [-0.3, -0.25) is 0 Å². The Morgan fingerprint density at radius 3 is 2.19 bits per heavy atom. The van der Waals surface area contributed by atoms with Crippen LogP contribution >= 0.6 is 0 Å². The molecule has 2 aromatic rings. The number of methoxy groups -OCH3 is 3. The Kier molecular flexibility index (Phi) is 3.48. The van der Waals surface area contributed by atoms with Gasteiger partial charge in [-0.25, -0.2) is 0 Å². The van der Waals surface area contributed by atoms with Crippen LogP contribution in [-0.4, -0.2) is 21.3 Å². The van der Waals surface area contributed by atoms with Crippen molar-refractivity contribution in [2.24, 2.45) is 0 Å². The van der Waals surface area contributed by atoms with E-state index < -0.39 is 0 Å². The standard InChI is InChI=1S/C16H17NO4/c1-18-13-8-10(9-14(19-2)15(13)20-3)16-17-11-6-4-5-7-12(11)21-16/h4-9,16-17H,1-3H3. The lowest BCUT2D eigenvalue weighted by atomic mass is 10.1. The van der Waals surface area contributed by atoms with Crippen LogP contribution in [0.25, 0.3) is 0 Å². The number of ether oxygens (including phenoxy) is 4. The SMILES string of the molecule is COc1cc(C2Nc3ccccc3O2)cc(OC)c1OC. The molecule has 1 aliphatic rings. The summed E-state index contributed by atoms with van der Waals surface area (Å²) in [5, 5.41) is 3.32. The van der Waals surface area contributed by atoms with Crippen LogP contribution in [0.5, 0.6) is 23.0 Å². The Bertz CT molecular complexity index is 606. The van der Waals surface area contributed by atoms with Crippen LogP contribution in [0, 0.1) is 0 Å². The lowest BCUT2D eigenvalue weighted by molar-refractivity contribution is 0.256. The van der Waals surface area contributed by atoms with Gasteiger partial charge in [0.2, 0.25) is 5.75 Å². The molecule has 21 heavy (non-hydrogen) atoms. The van der Waals surface area contributed by atoms with E-state index >= 15 is 0 Å². The highest BCUT2D eigenvalue weighted by atomic mass is 16.5. The molecular weight excluding hydrogens is 270 g/mol. The molecule has 1 N–H and O–H groups in total. The summed E-state index contributed by atoms with van der Waals surface area (Å²) in [6, 6.07) is 11.6. The van der Waals surface area contributed by atoms with Gasteiger partial charge in [0.25, 0.3) is 0 Å². The molecule has 0 aliphatic carbocycles. The Morgan fingerprint density at radius 2 is 1.62 bits per heavy atom. The number of benzene rings is 2. The second-order valence-electron chi connectivity index (χ2n) is 4.60. The van der Waals surface area contributed by atoms with Gasteiger partial charge in [0.1, 0.15) is 5.75 Å². The summed E-state index contributed by atoms with van der Waals surface area (Å²) in [5.41, 5.74) is 1.87. The fourth-order valence-electron chi connectivity index (χ4n) is 2.39. The van der Waals surface area contributed by atoms with Crippen LogP contribution in [-0.2, 0) is 0 Å². The van der Waals surface area contributed by atoms with Crippen LogP contribution in [0.3, 0.4) is 0 Å². The number of rotatable bonds is 4. The Morgan fingerprint density at radius 1 is 0.952 bits per heavy atom. The van der Waals surface area contributed by atoms with Crippen molar-refractivity contribution < 1.29 is 18.9 Å². The van der Waals surface area contributed by atoms with Gasteiger partial charge in [-0.2, -0.15) is 0 Å². The van der Waals surface area contributed by atoms with Gasteiger partial charge in [-0.15, -0.1) is 0 Å². The highest BCUT2D eigenvalue weighted by Gasteiger charge is 2.25. The maximum absolute atomic E-state index is 5.90. The third-order valence-electron chi connectivity index (χ3n) is 3.41. The van der Waals surface area contributed by atoms with Gasteiger partial charge < -0.3 is 24.3 Å². The number of para-hydroxylation sites is 2. The van der Waals surface area contributed by atoms with Crippen LogP contribution in [0.4, 0.5) is 5.69 Å². The third kappa shape index (κ3) is 2.31. The molecule has 0 saturated carbocycles. The zero-order valence-corrected chi connectivity index (χ0v) is 12.2. The molecule has 0 bridgehead atoms. The van der Waals surface area contributed by atoms with Crippen molar-refractivity contribution in [3.8, 4) is 23.0 Å². The summed E-state index contributed by atoms with van der Waals surface area (Å²) in [4.78, 5) is 0. The van der Waals surface area contributed by atoms with E-state index in [0.717, 1.165) is 17.0 Å². The summed E-state index contributed by atoms with van der Waals surface area (Å²) in [6.07, 6.45) is -0.281. The predicted molar refractivity (Wildman–Crippen MR) is 79.5 cm³/mol. The van der Waals surface area contributed by atoms with E-state index in [1.807, 2.05) is 36.4 Å². The van der Waals surface area contributed by atoms with Crippen LogP contribution in [0.2, 0.25) is 0 Å². The molecule has 1 atom stereocenters. The zero-order valence-electron chi connectivity index (χ0n) is 12.2. The first kappa shape index (κ1) is 13.4. The molecular formula is C16H17NO4. The van der Waals surface area contributed by atoms with Crippen molar-refractivity contribution >= 4 is 5.69 Å². The first-order valence-corrected chi connectivity index (χ1v) is 6.59. The van der Waals surface area contributed by atoms with E-state index in [2.05, 4.69) is 5.32 Å². The lowest BCUT2D eigenvalue weighted by Crippen LogP contribution is -2.11. The van der Waals surface area contributed by atoms with Crippen LogP contribution in [0.1, 0.15) is 11.8 Å². The molecule has 1 heterocycles. The minimum Gasteiger partial charge on any atom is -0.493 e. The van der Waals surface area contributed by atoms with Crippen molar-refractivity contribution in [3.05, 3.63) is 42.0 Å². The van der Waals surface area contributed by atoms with Crippen LogP contribution < -0.4 is 24.3 Å². The van der Waals surface area contributed by atoms with Crippen molar-refractivity contribution in [3.63, 3.8) is 0 Å². The summed E-state index contributed by atoms with van der Waals surface area (Å²) in [5.74, 6) is 2.61. The molecule has 0 fully saturated rings. The highest BCUT2D eigenvalue weighted by Crippen LogP contribution is 2.43.